The van der Waals surface area contributed by atoms with Crippen molar-refractivity contribution < 1.29 is 14.3 Å². The molecule has 2 aliphatic rings. The van der Waals surface area contributed by atoms with Crippen LogP contribution in [0, 0.1) is 0 Å². The molecule has 1 atom stereocenters. The SMILES string of the molecule is O=C(CC1=Cc2ccccc2CC1)OC(=O)[C@@H]1CCCN1. The van der Waals surface area contributed by atoms with Gasteiger partial charge < -0.3 is 10.1 Å². The highest BCUT2D eigenvalue weighted by Crippen LogP contribution is 2.25. The van der Waals surface area contributed by atoms with Crippen LogP contribution in [0.25, 0.3) is 6.08 Å². The second-order valence-corrected chi connectivity index (χ2v) is 5.62. The van der Waals surface area contributed by atoms with Gasteiger partial charge in [-0.15, -0.1) is 0 Å². The fourth-order valence-corrected chi connectivity index (χ4v) is 2.92. The fraction of sp³-hybridized carbons (Fsp3) is 0.412. The second kappa shape index (κ2) is 6.22. The van der Waals surface area contributed by atoms with E-state index in [1.54, 1.807) is 0 Å². The van der Waals surface area contributed by atoms with E-state index in [1.807, 2.05) is 24.3 Å². The average molecular weight is 285 g/mol. The molecule has 4 nitrogen and oxygen atoms in total. The summed E-state index contributed by atoms with van der Waals surface area (Å²) in [4.78, 5) is 23.6. The molecule has 0 bridgehead atoms. The van der Waals surface area contributed by atoms with E-state index in [2.05, 4.69) is 11.4 Å². The lowest BCUT2D eigenvalue weighted by Crippen LogP contribution is -2.33. The number of fused-ring (bicyclic) bond motifs is 1. The number of nitrogens with one attached hydrogen (secondary N) is 1. The van der Waals surface area contributed by atoms with Gasteiger partial charge in [0.15, 0.2) is 0 Å². The van der Waals surface area contributed by atoms with Crippen LogP contribution >= 0.6 is 0 Å². The topological polar surface area (TPSA) is 55.4 Å². The first-order valence-electron chi connectivity index (χ1n) is 7.47. The number of esters is 2. The summed E-state index contributed by atoms with van der Waals surface area (Å²) in [7, 11) is 0. The zero-order chi connectivity index (χ0) is 14.7. The number of ether oxygens (including phenoxy) is 1. The molecule has 0 amide bonds. The van der Waals surface area contributed by atoms with Gasteiger partial charge in [0, 0.05) is 0 Å². The van der Waals surface area contributed by atoms with Crippen LogP contribution in [0.1, 0.15) is 36.8 Å². The van der Waals surface area contributed by atoms with Crippen molar-refractivity contribution >= 4 is 18.0 Å². The number of hydrogen-bond acceptors (Lipinski definition) is 4. The zero-order valence-corrected chi connectivity index (χ0v) is 11.9. The first-order chi connectivity index (χ1) is 10.2. The molecule has 1 aromatic rings. The molecule has 1 heterocycles. The molecule has 21 heavy (non-hydrogen) atoms. The summed E-state index contributed by atoms with van der Waals surface area (Å²) < 4.78 is 4.94. The monoisotopic (exact) mass is 285 g/mol. The predicted molar refractivity (Wildman–Crippen MR) is 79.5 cm³/mol. The molecular formula is C17H19NO3. The Bertz CT molecular complexity index is 585. The van der Waals surface area contributed by atoms with Gasteiger partial charge in [-0.25, -0.2) is 4.79 Å². The normalized spacial score (nSPS) is 20.6. The van der Waals surface area contributed by atoms with Crippen molar-refractivity contribution in [1.29, 1.82) is 0 Å². The minimum absolute atomic E-state index is 0.201. The van der Waals surface area contributed by atoms with E-state index in [1.165, 1.54) is 5.56 Å². The number of aryl methyl sites for hydroxylation is 1. The molecule has 1 aliphatic heterocycles. The minimum atomic E-state index is -0.445. The van der Waals surface area contributed by atoms with E-state index in [0.29, 0.717) is 0 Å². The Morgan fingerprint density at radius 1 is 1.24 bits per heavy atom. The Labute approximate surface area is 124 Å². The van der Waals surface area contributed by atoms with Crippen molar-refractivity contribution in [2.45, 2.75) is 38.1 Å². The first-order valence-corrected chi connectivity index (χ1v) is 7.47. The van der Waals surface area contributed by atoms with E-state index in [0.717, 1.165) is 43.4 Å². The molecule has 3 rings (SSSR count). The van der Waals surface area contributed by atoms with Crippen LogP contribution < -0.4 is 5.32 Å². The standard InChI is InChI=1S/C17H19NO3/c19-16(21-17(20)15-6-3-9-18-15)11-12-7-8-13-4-1-2-5-14(13)10-12/h1-2,4-5,10,15,18H,3,6-9,11H2/t15-/m0/s1. The van der Waals surface area contributed by atoms with E-state index in [4.69, 9.17) is 4.74 Å². The molecule has 1 N–H and O–H groups in total. The third kappa shape index (κ3) is 3.39. The fourth-order valence-electron chi connectivity index (χ4n) is 2.92. The Kier molecular flexibility index (Phi) is 4.15. The van der Waals surface area contributed by atoms with Crippen LogP contribution in [-0.2, 0) is 20.7 Å². The van der Waals surface area contributed by atoms with Gasteiger partial charge >= 0.3 is 11.9 Å². The molecule has 1 saturated heterocycles. The van der Waals surface area contributed by atoms with Gasteiger partial charge in [0.25, 0.3) is 0 Å². The molecule has 110 valence electrons. The maximum atomic E-state index is 11.9. The third-order valence-electron chi connectivity index (χ3n) is 4.06. The minimum Gasteiger partial charge on any atom is -0.392 e. The number of rotatable bonds is 3. The van der Waals surface area contributed by atoms with Crippen LogP contribution in [0.4, 0.5) is 0 Å². The summed E-state index contributed by atoms with van der Waals surface area (Å²) in [5.74, 6) is -0.881. The average Bonchev–Trinajstić information content (AvgIpc) is 3.01. The van der Waals surface area contributed by atoms with Crippen molar-refractivity contribution in [2.24, 2.45) is 0 Å². The largest absolute Gasteiger partial charge is 0.392 e. The molecule has 4 heteroatoms. The maximum Gasteiger partial charge on any atom is 0.330 e. The van der Waals surface area contributed by atoms with E-state index in [-0.39, 0.29) is 12.5 Å². The van der Waals surface area contributed by atoms with Gasteiger partial charge in [0.1, 0.15) is 6.04 Å². The van der Waals surface area contributed by atoms with Crippen molar-refractivity contribution in [1.82, 2.24) is 5.32 Å². The third-order valence-corrected chi connectivity index (χ3v) is 4.06. The lowest BCUT2D eigenvalue weighted by Gasteiger charge is -2.16. The molecule has 1 fully saturated rings. The summed E-state index contributed by atoms with van der Waals surface area (Å²) >= 11 is 0. The van der Waals surface area contributed by atoms with Gasteiger partial charge in [-0.2, -0.15) is 0 Å². The number of hydrogen-bond donors (Lipinski definition) is 1. The van der Waals surface area contributed by atoms with Gasteiger partial charge in [-0.3, -0.25) is 4.79 Å². The quantitative estimate of drug-likeness (QED) is 0.683. The summed E-state index contributed by atoms with van der Waals surface area (Å²) in [6.07, 6.45) is 5.73. The Balaban J connectivity index is 1.58. The molecule has 0 spiro atoms. The second-order valence-electron chi connectivity index (χ2n) is 5.62. The first kappa shape index (κ1) is 14.0. The lowest BCUT2D eigenvalue weighted by atomic mass is 9.91. The van der Waals surface area contributed by atoms with Crippen LogP contribution in [0.3, 0.4) is 0 Å². The van der Waals surface area contributed by atoms with Crippen molar-refractivity contribution in [3.63, 3.8) is 0 Å². The van der Waals surface area contributed by atoms with Crippen LogP contribution in [-0.4, -0.2) is 24.5 Å². The van der Waals surface area contributed by atoms with Crippen molar-refractivity contribution in [3.8, 4) is 0 Å². The molecule has 0 unspecified atom stereocenters. The van der Waals surface area contributed by atoms with Crippen LogP contribution in [0.15, 0.2) is 29.8 Å². The van der Waals surface area contributed by atoms with Crippen molar-refractivity contribution in [2.75, 3.05) is 6.54 Å². The summed E-state index contributed by atoms with van der Waals surface area (Å²) in [6.45, 7) is 0.815. The van der Waals surface area contributed by atoms with Gasteiger partial charge in [-0.1, -0.05) is 35.9 Å². The number of benzene rings is 1. The smallest absolute Gasteiger partial charge is 0.330 e. The number of carbonyl (C=O) groups is 2. The lowest BCUT2D eigenvalue weighted by molar-refractivity contribution is -0.160. The van der Waals surface area contributed by atoms with Crippen molar-refractivity contribution in [3.05, 3.63) is 41.0 Å². The Hall–Kier alpha value is -1.94. The molecule has 0 saturated carbocycles. The maximum absolute atomic E-state index is 11.9. The summed E-state index contributed by atoms with van der Waals surface area (Å²) in [6, 6.07) is 7.87. The van der Waals surface area contributed by atoms with Crippen LogP contribution in [0.5, 0.6) is 0 Å². The Morgan fingerprint density at radius 3 is 2.90 bits per heavy atom. The van der Waals surface area contributed by atoms with E-state index in [9.17, 15) is 9.59 Å². The molecule has 0 radical (unpaired) electrons. The van der Waals surface area contributed by atoms with Gasteiger partial charge in [0.05, 0.1) is 6.42 Å². The summed E-state index contributed by atoms with van der Waals surface area (Å²) in [5, 5.41) is 3.04. The van der Waals surface area contributed by atoms with E-state index >= 15 is 0 Å². The highest BCUT2D eigenvalue weighted by Gasteiger charge is 2.26. The van der Waals surface area contributed by atoms with Crippen LogP contribution in [0.2, 0.25) is 0 Å². The number of carbonyl (C=O) groups excluding carboxylic acids is 2. The highest BCUT2D eigenvalue weighted by molar-refractivity contribution is 5.90. The zero-order valence-electron chi connectivity index (χ0n) is 11.9. The van der Waals surface area contributed by atoms with Gasteiger partial charge in [0.2, 0.25) is 0 Å². The highest BCUT2D eigenvalue weighted by atomic mass is 16.6. The van der Waals surface area contributed by atoms with E-state index < -0.39 is 11.9 Å². The molecule has 1 aliphatic carbocycles. The predicted octanol–water partition coefficient (Wildman–Crippen LogP) is 2.23. The van der Waals surface area contributed by atoms with Gasteiger partial charge in [-0.05, 0) is 43.4 Å². The molecule has 0 aromatic heterocycles. The summed E-state index contributed by atoms with van der Waals surface area (Å²) in [5.41, 5.74) is 3.50. The Morgan fingerprint density at radius 2 is 2.10 bits per heavy atom. The molecule has 1 aromatic carbocycles. The molecular weight excluding hydrogens is 266 g/mol.